The zero-order valence-electron chi connectivity index (χ0n) is 12.4. The number of benzene rings is 1. The highest BCUT2D eigenvalue weighted by Crippen LogP contribution is 2.35. The third kappa shape index (κ3) is 2.66. The fourth-order valence-electron chi connectivity index (χ4n) is 3.26. The molecule has 0 aliphatic carbocycles. The fraction of sp³-hybridized carbons (Fsp3) is 0.438. The molecule has 2 saturated heterocycles. The van der Waals surface area contributed by atoms with Crippen LogP contribution in [0.1, 0.15) is 11.6 Å². The molecule has 2 aliphatic rings. The highest BCUT2D eigenvalue weighted by atomic mass is 19.1. The van der Waals surface area contributed by atoms with Crippen molar-refractivity contribution in [1.29, 1.82) is 0 Å². The maximum absolute atomic E-state index is 13.8. The van der Waals surface area contributed by atoms with E-state index in [-0.39, 0.29) is 18.0 Å². The zero-order chi connectivity index (χ0) is 15.8. The Labute approximate surface area is 132 Å². The Morgan fingerprint density at radius 3 is 3.00 bits per heavy atom. The Hall–Kier alpha value is -1.80. The van der Waals surface area contributed by atoms with E-state index in [1.165, 1.54) is 6.07 Å². The van der Waals surface area contributed by atoms with Crippen molar-refractivity contribution < 1.29 is 19.0 Å². The molecule has 0 radical (unpaired) electrons. The van der Waals surface area contributed by atoms with Gasteiger partial charge in [0.15, 0.2) is 6.29 Å². The van der Waals surface area contributed by atoms with Crippen LogP contribution in [0.25, 0.3) is 0 Å². The number of fused-ring (bicyclic) bond motifs is 2. The Balaban J connectivity index is 1.52. The molecule has 2 bridgehead atoms. The normalized spacial score (nSPS) is 33.0. The van der Waals surface area contributed by atoms with Gasteiger partial charge < -0.3 is 19.9 Å². The number of aliphatic hydroxyl groups is 1. The van der Waals surface area contributed by atoms with E-state index < -0.39 is 18.4 Å². The number of hydrogen-bond acceptors (Lipinski definition) is 5. The summed E-state index contributed by atoms with van der Waals surface area (Å²) in [6.45, 7) is 0.708. The number of nitrogens with zero attached hydrogens (tertiary/aromatic N) is 2. The highest BCUT2D eigenvalue weighted by Gasteiger charge is 2.51. The molecule has 1 aromatic heterocycles. The van der Waals surface area contributed by atoms with Gasteiger partial charge in [-0.1, -0.05) is 18.2 Å². The summed E-state index contributed by atoms with van der Waals surface area (Å²) in [7, 11) is 0. The first-order chi connectivity index (χ1) is 11.2. The van der Waals surface area contributed by atoms with Crippen LogP contribution < -0.4 is 5.32 Å². The summed E-state index contributed by atoms with van der Waals surface area (Å²) in [5.74, 6) is -0.268. The van der Waals surface area contributed by atoms with Gasteiger partial charge in [0.2, 0.25) is 0 Å². The van der Waals surface area contributed by atoms with Crippen LogP contribution >= 0.6 is 0 Å². The maximum atomic E-state index is 13.8. The van der Waals surface area contributed by atoms with Crippen LogP contribution in [0.4, 0.5) is 4.39 Å². The Morgan fingerprint density at radius 1 is 1.35 bits per heavy atom. The Bertz CT molecular complexity index is 666. The summed E-state index contributed by atoms with van der Waals surface area (Å²) in [6, 6.07) is 7.58. The van der Waals surface area contributed by atoms with Crippen molar-refractivity contribution in [2.45, 2.75) is 37.1 Å². The van der Waals surface area contributed by atoms with Gasteiger partial charge >= 0.3 is 0 Å². The standard InChI is InChI=1S/C16H18FN3O3/c17-11-5-2-1-4-10(11)8-18-13-12-9-22-16(23-12)14(15(13)21)20-7-3-6-19-20/h1-7,12-16,18,21H,8-9H2. The van der Waals surface area contributed by atoms with Crippen molar-refractivity contribution in [3.05, 3.63) is 54.1 Å². The van der Waals surface area contributed by atoms with Gasteiger partial charge in [0, 0.05) is 24.5 Å². The number of ether oxygens (including phenoxy) is 2. The van der Waals surface area contributed by atoms with Crippen molar-refractivity contribution in [3.63, 3.8) is 0 Å². The largest absolute Gasteiger partial charge is 0.389 e. The lowest BCUT2D eigenvalue weighted by molar-refractivity contribution is -0.168. The SMILES string of the molecule is OC1C(NCc2ccccc2F)C2COC(O2)C1n1cccn1. The number of nitrogens with one attached hydrogen (secondary N) is 1. The van der Waals surface area contributed by atoms with E-state index in [9.17, 15) is 9.50 Å². The molecule has 2 fully saturated rings. The second kappa shape index (κ2) is 6.01. The highest BCUT2D eigenvalue weighted by molar-refractivity contribution is 5.17. The molecule has 1 aromatic carbocycles. The molecule has 3 heterocycles. The van der Waals surface area contributed by atoms with E-state index in [2.05, 4.69) is 10.4 Å². The molecule has 2 N–H and O–H groups in total. The lowest BCUT2D eigenvalue weighted by atomic mass is 9.96. The second-order valence-electron chi connectivity index (χ2n) is 5.84. The average molecular weight is 319 g/mol. The minimum absolute atomic E-state index is 0.256. The summed E-state index contributed by atoms with van der Waals surface area (Å²) >= 11 is 0. The lowest BCUT2D eigenvalue weighted by Gasteiger charge is -2.38. The number of aliphatic hydroxyl groups excluding tert-OH is 1. The molecular weight excluding hydrogens is 301 g/mol. The number of halogens is 1. The van der Waals surface area contributed by atoms with Crippen LogP contribution in [0.5, 0.6) is 0 Å². The molecule has 122 valence electrons. The van der Waals surface area contributed by atoms with Crippen molar-refractivity contribution in [2.24, 2.45) is 0 Å². The van der Waals surface area contributed by atoms with Crippen LogP contribution in [0.15, 0.2) is 42.7 Å². The molecule has 6 nitrogen and oxygen atoms in total. The topological polar surface area (TPSA) is 68.5 Å². The fourth-order valence-corrected chi connectivity index (χ4v) is 3.26. The van der Waals surface area contributed by atoms with Crippen molar-refractivity contribution in [2.75, 3.05) is 6.61 Å². The monoisotopic (exact) mass is 319 g/mol. The van der Waals surface area contributed by atoms with Crippen molar-refractivity contribution in [1.82, 2.24) is 15.1 Å². The second-order valence-corrected chi connectivity index (χ2v) is 5.84. The molecule has 0 saturated carbocycles. The van der Waals surface area contributed by atoms with Gasteiger partial charge in [-0.05, 0) is 12.1 Å². The van der Waals surface area contributed by atoms with E-state index >= 15 is 0 Å². The van der Waals surface area contributed by atoms with Gasteiger partial charge in [-0.3, -0.25) is 4.68 Å². The summed E-state index contributed by atoms with van der Waals surface area (Å²) in [5.41, 5.74) is 0.552. The van der Waals surface area contributed by atoms with Gasteiger partial charge in [0.25, 0.3) is 0 Å². The van der Waals surface area contributed by atoms with Crippen LogP contribution in [-0.4, -0.2) is 46.0 Å². The number of hydrogen-bond donors (Lipinski definition) is 2. The van der Waals surface area contributed by atoms with E-state index in [1.54, 1.807) is 41.3 Å². The Kier molecular flexibility index (Phi) is 3.86. The number of aromatic nitrogens is 2. The maximum Gasteiger partial charge on any atom is 0.183 e. The van der Waals surface area contributed by atoms with E-state index in [0.29, 0.717) is 18.7 Å². The molecule has 0 amide bonds. The first-order valence-corrected chi connectivity index (χ1v) is 7.65. The minimum Gasteiger partial charge on any atom is -0.389 e. The molecule has 23 heavy (non-hydrogen) atoms. The molecular formula is C16H18FN3O3. The summed E-state index contributed by atoms with van der Waals surface area (Å²) < 4.78 is 26.9. The van der Waals surface area contributed by atoms with Crippen LogP contribution in [-0.2, 0) is 16.0 Å². The number of rotatable bonds is 4. The van der Waals surface area contributed by atoms with Crippen LogP contribution in [0.3, 0.4) is 0 Å². The van der Waals surface area contributed by atoms with E-state index in [0.717, 1.165) is 0 Å². The lowest BCUT2D eigenvalue weighted by Crippen LogP contribution is -2.57. The third-order valence-electron chi connectivity index (χ3n) is 4.45. The smallest absolute Gasteiger partial charge is 0.183 e. The predicted octanol–water partition coefficient (Wildman–Crippen LogP) is 0.838. The molecule has 5 unspecified atom stereocenters. The summed E-state index contributed by atoms with van der Waals surface area (Å²) in [4.78, 5) is 0. The molecule has 7 heteroatoms. The Morgan fingerprint density at radius 2 is 2.22 bits per heavy atom. The molecule has 2 aliphatic heterocycles. The molecule has 0 spiro atoms. The van der Waals surface area contributed by atoms with E-state index in [4.69, 9.17) is 9.47 Å². The molecule has 2 aromatic rings. The van der Waals surface area contributed by atoms with Crippen molar-refractivity contribution >= 4 is 0 Å². The average Bonchev–Trinajstić information content (AvgIpc) is 3.21. The summed E-state index contributed by atoms with van der Waals surface area (Å²) in [5, 5.41) is 18.1. The quantitative estimate of drug-likeness (QED) is 0.874. The van der Waals surface area contributed by atoms with Gasteiger partial charge in [0.1, 0.15) is 18.0 Å². The van der Waals surface area contributed by atoms with Crippen LogP contribution in [0.2, 0.25) is 0 Å². The predicted molar refractivity (Wildman–Crippen MR) is 78.9 cm³/mol. The summed E-state index contributed by atoms with van der Waals surface area (Å²) in [6.07, 6.45) is 1.91. The van der Waals surface area contributed by atoms with Crippen LogP contribution in [0, 0.1) is 5.82 Å². The molecule has 5 atom stereocenters. The first-order valence-electron chi connectivity index (χ1n) is 7.65. The minimum atomic E-state index is -0.743. The van der Waals surface area contributed by atoms with Gasteiger partial charge in [-0.25, -0.2) is 4.39 Å². The van der Waals surface area contributed by atoms with E-state index in [1.807, 2.05) is 0 Å². The van der Waals surface area contributed by atoms with Gasteiger partial charge in [0.05, 0.1) is 18.8 Å². The molecule has 4 rings (SSSR count). The van der Waals surface area contributed by atoms with Gasteiger partial charge in [-0.2, -0.15) is 5.10 Å². The van der Waals surface area contributed by atoms with Gasteiger partial charge in [-0.15, -0.1) is 0 Å². The van der Waals surface area contributed by atoms with Crippen molar-refractivity contribution in [3.8, 4) is 0 Å². The zero-order valence-corrected chi connectivity index (χ0v) is 12.4. The first kappa shape index (κ1) is 14.8. The third-order valence-corrected chi connectivity index (χ3v) is 4.45.